The van der Waals surface area contributed by atoms with Crippen LogP contribution >= 0.6 is 11.6 Å². The Morgan fingerprint density at radius 3 is 2.38 bits per heavy atom. The van der Waals surface area contributed by atoms with Gasteiger partial charge in [-0.05, 0) is 18.2 Å². The second kappa shape index (κ2) is 5.26. The van der Waals surface area contributed by atoms with Gasteiger partial charge >= 0.3 is 0 Å². The number of hydrogen-bond acceptors (Lipinski definition) is 2. The van der Waals surface area contributed by atoms with Gasteiger partial charge in [0.2, 0.25) is 0 Å². The number of ketones is 2. The number of carbonyl (C=O) groups excluding carboxylic acids is 2. The molecule has 0 N–H and O–H groups in total. The number of Topliss-reactive ketones (excluding diaryl/α,β-unsaturated/α-hetero) is 2. The zero-order valence-corrected chi connectivity index (χ0v) is 10.5. The van der Waals surface area contributed by atoms with E-state index < -0.39 is 0 Å². The second-order valence-corrected chi connectivity index (χ2v) is 4.42. The van der Waals surface area contributed by atoms with Crippen LogP contribution in [-0.4, -0.2) is 11.6 Å². The van der Waals surface area contributed by atoms with Crippen molar-refractivity contribution < 1.29 is 9.59 Å². The minimum atomic E-state index is -0.137. The molecule has 2 nitrogen and oxygen atoms in total. The molecule has 0 unspecified atom stereocenters. The summed E-state index contributed by atoms with van der Waals surface area (Å²) in [5.74, 6) is -0.207. The molecule has 0 aliphatic heterocycles. The predicted octanol–water partition coefficient (Wildman–Crippen LogP) is 3.77. The first kappa shape index (κ1) is 12.9. The minimum absolute atomic E-state index is 0.0272. The van der Waals surface area contributed by atoms with E-state index in [4.69, 9.17) is 11.6 Å². The van der Waals surface area contributed by atoms with Crippen LogP contribution in [-0.2, 0) is 0 Å². The third-order valence-electron chi connectivity index (χ3n) is 2.39. The molecule has 16 heavy (non-hydrogen) atoms. The molecular formula is C13H15ClO2. The van der Waals surface area contributed by atoms with Crippen molar-refractivity contribution >= 4 is 23.2 Å². The maximum atomic E-state index is 11.9. The number of benzene rings is 1. The van der Waals surface area contributed by atoms with Crippen LogP contribution in [0.4, 0.5) is 0 Å². The van der Waals surface area contributed by atoms with Gasteiger partial charge in [-0.15, -0.1) is 0 Å². The lowest BCUT2D eigenvalue weighted by Crippen LogP contribution is -2.13. The largest absolute Gasteiger partial charge is 0.294 e. The van der Waals surface area contributed by atoms with E-state index in [9.17, 15) is 9.59 Å². The van der Waals surface area contributed by atoms with Gasteiger partial charge in [0.05, 0.1) is 0 Å². The fourth-order valence-electron chi connectivity index (χ4n) is 1.46. The molecule has 0 radical (unpaired) electrons. The molecule has 1 aromatic carbocycles. The van der Waals surface area contributed by atoms with Gasteiger partial charge in [-0.25, -0.2) is 0 Å². The molecule has 0 aromatic heterocycles. The average molecular weight is 239 g/mol. The van der Waals surface area contributed by atoms with Gasteiger partial charge in [-0.2, -0.15) is 0 Å². The zero-order valence-electron chi connectivity index (χ0n) is 9.71. The summed E-state index contributed by atoms with van der Waals surface area (Å²) in [7, 11) is 0. The molecule has 1 rings (SSSR count). The third-order valence-corrected chi connectivity index (χ3v) is 2.63. The molecule has 86 valence electrons. The molecule has 0 atom stereocenters. The Kier molecular flexibility index (Phi) is 4.25. The molecule has 0 saturated carbocycles. The lowest BCUT2D eigenvalue weighted by atomic mass is 9.94. The SMILES string of the molecule is CCC(=O)c1ccc(Cl)cc1C(=O)C(C)C. The second-order valence-electron chi connectivity index (χ2n) is 3.99. The highest BCUT2D eigenvalue weighted by atomic mass is 35.5. The van der Waals surface area contributed by atoms with E-state index in [1.165, 1.54) is 0 Å². The fourth-order valence-corrected chi connectivity index (χ4v) is 1.64. The van der Waals surface area contributed by atoms with E-state index in [2.05, 4.69) is 0 Å². The number of carbonyl (C=O) groups is 2. The van der Waals surface area contributed by atoms with Crippen LogP contribution in [0.5, 0.6) is 0 Å². The van der Waals surface area contributed by atoms with Crippen molar-refractivity contribution in [2.75, 3.05) is 0 Å². The molecular weight excluding hydrogens is 224 g/mol. The molecule has 0 bridgehead atoms. The fraction of sp³-hybridized carbons (Fsp3) is 0.385. The first-order valence-corrected chi connectivity index (χ1v) is 5.72. The summed E-state index contributed by atoms with van der Waals surface area (Å²) in [6.07, 6.45) is 0.389. The zero-order chi connectivity index (χ0) is 12.3. The van der Waals surface area contributed by atoms with Crippen molar-refractivity contribution in [1.29, 1.82) is 0 Å². The monoisotopic (exact) mass is 238 g/mol. The molecule has 0 amide bonds. The maximum Gasteiger partial charge on any atom is 0.166 e. The average Bonchev–Trinajstić information content (AvgIpc) is 2.26. The van der Waals surface area contributed by atoms with Crippen LogP contribution in [0.3, 0.4) is 0 Å². The Balaban J connectivity index is 3.29. The quantitative estimate of drug-likeness (QED) is 0.749. The van der Waals surface area contributed by atoms with E-state index in [0.29, 0.717) is 22.6 Å². The summed E-state index contributed by atoms with van der Waals surface area (Å²) >= 11 is 5.85. The molecule has 0 aliphatic carbocycles. The Morgan fingerprint density at radius 1 is 1.25 bits per heavy atom. The Hall–Kier alpha value is -1.15. The number of hydrogen-bond donors (Lipinski definition) is 0. The number of halogens is 1. The first-order valence-electron chi connectivity index (χ1n) is 5.34. The standard InChI is InChI=1S/C13H15ClO2/c1-4-12(15)10-6-5-9(14)7-11(10)13(16)8(2)3/h5-8H,4H2,1-3H3. The minimum Gasteiger partial charge on any atom is -0.294 e. The summed E-state index contributed by atoms with van der Waals surface area (Å²) in [5.41, 5.74) is 0.917. The van der Waals surface area contributed by atoms with E-state index >= 15 is 0 Å². The molecule has 0 fully saturated rings. The van der Waals surface area contributed by atoms with Gasteiger partial charge in [-0.3, -0.25) is 9.59 Å². The smallest absolute Gasteiger partial charge is 0.166 e. The van der Waals surface area contributed by atoms with Gasteiger partial charge in [0.25, 0.3) is 0 Å². The van der Waals surface area contributed by atoms with Crippen LogP contribution in [0.15, 0.2) is 18.2 Å². The van der Waals surface area contributed by atoms with Crippen LogP contribution in [0.2, 0.25) is 5.02 Å². The molecule has 0 aliphatic rings. The highest BCUT2D eigenvalue weighted by molar-refractivity contribution is 6.31. The molecule has 1 aromatic rings. The summed E-state index contributed by atoms with van der Waals surface area (Å²) in [4.78, 5) is 23.6. The van der Waals surface area contributed by atoms with Crippen molar-refractivity contribution in [2.45, 2.75) is 27.2 Å². The van der Waals surface area contributed by atoms with Gasteiger partial charge in [-0.1, -0.05) is 32.4 Å². The first-order chi connectivity index (χ1) is 7.47. The van der Waals surface area contributed by atoms with Crippen LogP contribution < -0.4 is 0 Å². The maximum absolute atomic E-state index is 11.9. The summed E-state index contributed by atoms with van der Waals surface area (Å²) < 4.78 is 0. The van der Waals surface area contributed by atoms with Crippen molar-refractivity contribution in [2.24, 2.45) is 5.92 Å². The van der Waals surface area contributed by atoms with Crippen molar-refractivity contribution in [3.63, 3.8) is 0 Å². The molecule has 0 saturated heterocycles. The van der Waals surface area contributed by atoms with Crippen LogP contribution in [0.25, 0.3) is 0 Å². The normalized spacial score (nSPS) is 10.6. The molecule has 0 spiro atoms. The Labute approximate surface area is 101 Å². The lowest BCUT2D eigenvalue weighted by Gasteiger charge is -2.09. The highest BCUT2D eigenvalue weighted by Crippen LogP contribution is 2.20. The van der Waals surface area contributed by atoms with Crippen LogP contribution in [0.1, 0.15) is 47.9 Å². The topological polar surface area (TPSA) is 34.1 Å². The van der Waals surface area contributed by atoms with Gasteiger partial charge in [0.1, 0.15) is 0 Å². The van der Waals surface area contributed by atoms with Crippen molar-refractivity contribution in [3.8, 4) is 0 Å². The van der Waals surface area contributed by atoms with Crippen molar-refractivity contribution in [3.05, 3.63) is 34.3 Å². The molecule has 0 heterocycles. The van der Waals surface area contributed by atoms with Gasteiger partial charge < -0.3 is 0 Å². The van der Waals surface area contributed by atoms with Crippen LogP contribution in [0, 0.1) is 5.92 Å². The highest BCUT2D eigenvalue weighted by Gasteiger charge is 2.18. The summed E-state index contributed by atoms with van der Waals surface area (Å²) in [5, 5.41) is 0.483. The van der Waals surface area contributed by atoms with E-state index in [-0.39, 0.29) is 17.5 Å². The van der Waals surface area contributed by atoms with Crippen molar-refractivity contribution in [1.82, 2.24) is 0 Å². The Bertz CT molecular complexity index is 422. The third kappa shape index (κ3) is 2.70. The van der Waals surface area contributed by atoms with Gasteiger partial charge in [0.15, 0.2) is 11.6 Å². The van der Waals surface area contributed by atoms with E-state index in [0.717, 1.165) is 0 Å². The van der Waals surface area contributed by atoms with E-state index in [1.54, 1.807) is 25.1 Å². The van der Waals surface area contributed by atoms with Gasteiger partial charge in [0, 0.05) is 28.5 Å². The Morgan fingerprint density at radius 2 is 1.88 bits per heavy atom. The molecule has 3 heteroatoms. The summed E-state index contributed by atoms with van der Waals surface area (Å²) in [6.45, 7) is 5.40. The lowest BCUT2D eigenvalue weighted by molar-refractivity contribution is 0.0922. The predicted molar refractivity (Wildman–Crippen MR) is 65.2 cm³/mol. The number of rotatable bonds is 4. The summed E-state index contributed by atoms with van der Waals surface area (Å²) in [6, 6.07) is 4.85. The van der Waals surface area contributed by atoms with E-state index in [1.807, 2.05) is 13.8 Å².